The first-order valence-electron chi connectivity index (χ1n) is 6.57. The number of amides is 1. The number of hydrogen-bond acceptors (Lipinski definition) is 3. The van der Waals surface area contributed by atoms with Crippen molar-refractivity contribution in [3.8, 4) is 0 Å². The van der Waals surface area contributed by atoms with Crippen molar-refractivity contribution in [3.63, 3.8) is 0 Å². The quantitative estimate of drug-likeness (QED) is 0.821. The van der Waals surface area contributed by atoms with Gasteiger partial charge in [-0.2, -0.15) is 0 Å². The van der Waals surface area contributed by atoms with Crippen molar-refractivity contribution in [2.45, 2.75) is 32.7 Å². The molecule has 1 aliphatic heterocycles. The fourth-order valence-corrected chi connectivity index (χ4v) is 2.47. The molecule has 0 spiro atoms. The van der Waals surface area contributed by atoms with E-state index in [2.05, 4.69) is 22.9 Å². The van der Waals surface area contributed by atoms with Crippen molar-refractivity contribution in [3.05, 3.63) is 23.9 Å². The molecule has 0 radical (unpaired) electrons. The molecular formula is C14H21N3O. The molecule has 4 heteroatoms. The maximum absolute atomic E-state index is 11.5. The van der Waals surface area contributed by atoms with E-state index >= 15 is 0 Å². The van der Waals surface area contributed by atoms with Crippen LogP contribution in [0.4, 0.5) is 5.82 Å². The van der Waals surface area contributed by atoms with Gasteiger partial charge in [0.25, 0.3) is 0 Å². The van der Waals surface area contributed by atoms with Gasteiger partial charge in [0, 0.05) is 33.3 Å². The van der Waals surface area contributed by atoms with Crippen LogP contribution in [-0.2, 0) is 4.79 Å². The Hall–Kier alpha value is -1.58. The minimum Gasteiger partial charge on any atom is -0.360 e. The standard InChI is InChI=1S/C14H21N3O/c1-4-16(3)14-8-7-12(10-15-14)13-6-5-9-17(13)11(2)18/h7-8,10,13H,4-6,9H2,1-3H3/t13-/m1/s1. The van der Waals surface area contributed by atoms with Gasteiger partial charge in [-0.05, 0) is 31.4 Å². The maximum Gasteiger partial charge on any atom is 0.219 e. The lowest BCUT2D eigenvalue weighted by atomic mass is 10.1. The molecule has 0 N–H and O–H groups in total. The van der Waals surface area contributed by atoms with Crippen molar-refractivity contribution in [1.29, 1.82) is 0 Å². The lowest BCUT2D eigenvalue weighted by Crippen LogP contribution is -2.28. The SMILES string of the molecule is CCN(C)c1ccc([C@H]2CCCN2C(C)=O)cn1. The van der Waals surface area contributed by atoms with Crippen LogP contribution >= 0.6 is 0 Å². The van der Waals surface area contributed by atoms with Crippen molar-refractivity contribution in [2.75, 3.05) is 25.0 Å². The molecule has 1 aromatic heterocycles. The first-order valence-corrected chi connectivity index (χ1v) is 6.57. The summed E-state index contributed by atoms with van der Waals surface area (Å²) < 4.78 is 0. The second-order valence-electron chi connectivity index (χ2n) is 4.83. The third kappa shape index (κ3) is 2.47. The van der Waals surface area contributed by atoms with E-state index in [-0.39, 0.29) is 11.9 Å². The first kappa shape index (κ1) is 12.9. The third-order valence-electron chi connectivity index (χ3n) is 3.68. The van der Waals surface area contributed by atoms with Gasteiger partial charge in [0.1, 0.15) is 5.82 Å². The smallest absolute Gasteiger partial charge is 0.219 e. The van der Waals surface area contributed by atoms with Gasteiger partial charge in [-0.3, -0.25) is 4.79 Å². The summed E-state index contributed by atoms with van der Waals surface area (Å²) in [6.07, 6.45) is 4.04. The summed E-state index contributed by atoms with van der Waals surface area (Å²) in [6.45, 7) is 5.56. The highest BCUT2D eigenvalue weighted by molar-refractivity contribution is 5.74. The van der Waals surface area contributed by atoms with E-state index in [1.807, 2.05) is 24.2 Å². The van der Waals surface area contributed by atoms with E-state index in [0.29, 0.717) is 0 Å². The summed E-state index contributed by atoms with van der Waals surface area (Å²) in [5.74, 6) is 1.14. The van der Waals surface area contributed by atoms with Crippen molar-refractivity contribution < 1.29 is 4.79 Å². The number of carbonyl (C=O) groups excluding carboxylic acids is 1. The van der Waals surface area contributed by atoms with Crippen LogP contribution in [0.25, 0.3) is 0 Å². The van der Waals surface area contributed by atoms with Crippen LogP contribution < -0.4 is 4.90 Å². The predicted molar refractivity (Wildman–Crippen MR) is 72.5 cm³/mol. The Morgan fingerprint density at radius 2 is 2.33 bits per heavy atom. The van der Waals surface area contributed by atoms with Crippen LogP contribution in [0, 0.1) is 0 Å². The minimum absolute atomic E-state index is 0.159. The summed E-state index contributed by atoms with van der Waals surface area (Å²) in [5.41, 5.74) is 1.15. The Labute approximate surface area is 109 Å². The Morgan fingerprint density at radius 3 is 2.89 bits per heavy atom. The lowest BCUT2D eigenvalue weighted by Gasteiger charge is -2.24. The van der Waals surface area contributed by atoms with E-state index in [4.69, 9.17) is 0 Å². The molecule has 2 rings (SSSR count). The fraction of sp³-hybridized carbons (Fsp3) is 0.571. The molecule has 1 atom stereocenters. The Bertz CT molecular complexity index is 416. The zero-order valence-corrected chi connectivity index (χ0v) is 11.4. The van der Waals surface area contributed by atoms with Gasteiger partial charge in [0.2, 0.25) is 5.91 Å². The molecule has 98 valence electrons. The zero-order chi connectivity index (χ0) is 13.1. The van der Waals surface area contributed by atoms with E-state index < -0.39 is 0 Å². The van der Waals surface area contributed by atoms with Crippen LogP contribution in [0.1, 0.15) is 38.3 Å². The molecule has 2 heterocycles. The molecule has 1 saturated heterocycles. The number of hydrogen-bond donors (Lipinski definition) is 0. The summed E-state index contributed by atoms with van der Waals surface area (Å²) in [6, 6.07) is 4.35. The van der Waals surface area contributed by atoms with E-state index in [1.165, 1.54) is 0 Å². The number of pyridine rings is 1. The van der Waals surface area contributed by atoms with Gasteiger partial charge in [0.05, 0.1) is 6.04 Å². The van der Waals surface area contributed by atoms with Crippen LogP contribution in [0.2, 0.25) is 0 Å². The second-order valence-corrected chi connectivity index (χ2v) is 4.83. The Balaban J connectivity index is 2.16. The van der Waals surface area contributed by atoms with E-state index in [1.54, 1.807) is 6.92 Å². The number of nitrogens with zero attached hydrogens (tertiary/aromatic N) is 3. The van der Waals surface area contributed by atoms with Crippen LogP contribution in [0.5, 0.6) is 0 Å². The zero-order valence-electron chi connectivity index (χ0n) is 11.4. The van der Waals surface area contributed by atoms with E-state index in [9.17, 15) is 4.79 Å². The molecule has 0 aliphatic carbocycles. The number of anilines is 1. The minimum atomic E-state index is 0.159. The van der Waals surface area contributed by atoms with Crippen molar-refractivity contribution in [1.82, 2.24) is 9.88 Å². The number of aromatic nitrogens is 1. The number of likely N-dealkylation sites (tertiary alicyclic amines) is 1. The second kappa shape index (κ2) is 5.38. The topological polar surface area (TPSA) is 36.4 Å². The maximum atomic E-state index is 11.5. The molecule has 4 nitrogen and oxygen atoms in total. The van der Waals surface area contributed by atoms with Gasteiger partial charge in [0.15, 0.2) is 0 Å². The summed E-state index contributed by atoms with van der Waals surface area (Å²) in [4.78, 5) is 20.1. The third-order valence-corrected chi connectivity index (χ3v) is 3.68. The molecular weight excluding hydrogens is 226 g/mol. The van der Waals surface area contributed by atoms with Crippen LogP contribution in [0.3, 0.4) is 0 Å². The lowest BCUT2D eigenvalue weighted by molar-refractivity contribution is -0.129. The molecule has 0 saturated carbocycles. The Kier molecular flexibility index (Phi) is 3.84. The highest BCUT2D eigenvalue weighted by Crippen LogP contribution is 2.31. The van der Waals surface area contributed by atoms with E-state index in [0.717, 1.165) is 37.3 Å². The van der Waals surface area contributed by atoms with Crippen molar-refractivity contribution >= 4 is 11.7 Å². The molecule has 0 aromatic carbocycles. The molecule has 1 aromatic rings. The summed E-state index contributed by atoms with van der Waals surface area (Å²) >= 11 is 0. The molecule has 1 fully saturated rings. The predicted octanol–water partition coefficient (Wildman–Crippen LogP) is 2.22. The van der Waals surface area contributed by atoms with Gasteiger partial charge in [-0.1, -0.05) is 6.07 Å². The van der Waals surface area contributed by atoms with Crippen molar-refractivity contribution in [2.24, 2.45) is 0 Å². The summed E-state index contributed by atoms with van der Waals surface area (Å²) in [5, 5.41) is 0. The largest absolute Gasteiger partial charge is 0.360 e. The highest BCUT2D eigenvalue weighted by atomic mass is 16.2. The van der Waals surface area contributed by atoms with Gasteiger partial charge >= 0.3 is 0 Å². The monoisotopic (exact) mass is 247 g/mol. The molecule has 0 unspecified atom stereocenters. The molecule has 1 amide bonds. The normalized spacial score (nSPS) is 19.1. The first-order chi connectivity index (χ1) is 8.63. The highest BCUT2D eigenvalue weighted by Gasteiger charge is 2.27. The average Bonchev–Trinajstić information content (AvgIpc) is 2.87. The molecule has 1 aliphatic rings. The van der Waals surface area contributed by atoms with Gasteiger partial charge in [-0.15, -0.1) is 0 Å². The molecule has 18 heavy (non-hydrogen) atoms. The average molecular weight is 247 g/mol. The van der Waals surface area contributed by atoms with Gasteiger partial charge < -0.3 is 9.80 Å². The Morgan fingerprint density at radius 1 is 1.56 bits per heavy atom. The molecule has 0 bridgehead atoms. The number of rotatable bonds is 3. The van der Waals surface area contributed by atoms with Gasteiger partial charge in [-0.25, -0.2) is 4.98 Å². The fourth-order valence-electron chi connectivity index (χ4n) is 2.47. The van der Waals surface area contributed by atoms with Crippen LogP contribution in [-0.4, -0.2) is 35.9 Å². The van der Waals surface area contributed by atoms with Crippen LogP contribution in [0.15, 0.2) is 18.3 Å². The summed E-state index contributed by atoms with van der Waals surface area (Å²) in [7, 11) is 2.03. The number of carbonyl (C=O) groups is 1.